The van der Waals surface area contributed by atoms with Crippen molar-refractivity contribution in [3.8, 4) is 28.6 Å². The highest BCUT2D eigenvalue weighted by Crippen LogP contribution is 2.27. The van der Waals surface area contributed by atoms with E-state index in [4.69, 9.17) is 9.47 Å². The number of Topliss-reactive ketones (excluding diaryl/α,β-unsaturated/α-hetero) is 1. The van der Waals surface area contributed by atoms with Gasteiger partial charge in [-0.3, -0.25) is 19.3 Å². The molecule has 0 unspecified atom stereocenters. The molecule has 0 aliphatic carbocycles. The lowest BCUT2D eigenvalue weighted by atomic mass is 10.2. The second-order valence-corrected chi connectivity index (χ2v) is 8.06. The van der Waals surface area contributed by atoms with Gasteiger partial charge in [0.2, 0.25) is 0 Å². The Morgan fingerprint density at radius 2 is 1.82 bits per heavy atom. The molecular formula is C25H23N5O3S. The van der Waals surface area contributed by atoms with Gasteiger partial charge in [0, 0.05) is 35.4 Å². The predicted octanol–water partition coefficient (Wildman–Crippen LogP) is 4.13. The molecular weight excluding hydrogens is 450 g/mol. The zero-order valence-corrected chi connectivity index (χ0v) is 19.6. The lowest BCUT2D eigenvalue weighted by molar-refractivity contribution is -0.115. The normalized spacial score (nSPS) is 11.0. The Hall–Kier alpha value is -3.98. The average Bonchev–Trinajstić information content (AvgIpc) is 3.32. The van der Waals surface area contributed by atoms with E-state index in [1.54, 1.807) is 45.0 Å². The summed E-state index contributed by atoms with van der Waals surface area (Å²) in [6, 6.07) is 19.0. The number of aliphatic imine (C=N–C) groups is 1. The number of methoxy groups -OCH3 is 2. The van der Waals surface area contributed by atoms with Crippen LogP contribution in [-0.4, -0.2) is 58.3 Å². The number of ketones is 1. The second kappa shape index (κ2) is 11.2. The molecule has 2 heterocycles. The Morgan fingerprint density at radius 3 is 2.56 bits per heavy atom. The maximum atomic E-state index is 12.6. The summed E-state index contributed by atoms with van der Waals surface area (Å²) < 4.78 is 12.5. The first kappa shape index (κ1) is 23.2. The van der Waals surface area contributed by atoms with Gasteiger partial charge in [0.1, 0.15) is 11.5 Å². The van der Waals surface area contributed by atoms with E-state index in [9.17, 15) is 4.79 Å². The monoisotopic (exact) mass is 473 g/mol. The largest absolute Gasteiger partial charge is 0.497 e. The molecule has 0 aliphatic rings. The van der Waals surface area contributed by atoms with Crippen molar-refractivity contribution < 1.29 is 14.3 Å². The van der Waals surface area contributed by atoms with Crippen molar-refractivity contribution in [2.45, 2.75) is 5.16 Å². The van der Waals surface area contributed by atoms with Gasteiger partial charge in [-0.2, -0.15) is 0 Å². The molecule has 0 saturated heterocycles. The molecule has 4 rings (SSSR count). The minimum absolute atomic E-state index is 0.0313. The summed E-state index contributed by atoms with van der Waals surface area (Å²) in [7, 11) is 3.18. The number of hydrogen-bond acceptors (Lipinski definition) is 8. The minimum Gasteiger partial charge on any atom is -0.497 e. The topological polar surface area (TPSA) is 91.5 Å². The Balaban J connectivity index is 1.47. The average molecular weight is 474 g/mol. The Morgan fingerprint density at radius 1 is 1.03 bits per heavy atom. The van der Waals surface area contributed by atoms with Gasteiger partial charge in [0.15, 0.2) is 16.8 Å². The van der Waals surface area contributed by atoms with Crippen molar-refractivity contribution in [1.29, 1.82) is 0 Å². The molecule has 0 N–H and O–H groups in total. The van der Waals surface area contributed by atoms with Gasteiger partial charge in [-0.15, -0.1) is 10.2 Å². The van der Waals surface area contributed by atoms with Crippen LogP contribution in [0.3, 0.4) is 0 Å². The first-order valence-electron chi connectivity index (χ1n) is 10.5. The first-order valence-corrected chi connectivity index (χ1v) is 11.5. The van der Waals surface area contributed by atoms with E-state index >= 15 is 0 Å². The van der Waals surface area contributed by atoms with Gasteiger partial charge >= 0.3 is 0 Å². The fourth-order valence-electron chi connectivity index (χ4n) is 3.24. The molecule has 0 aliphatic heterocycles. The highest BCUT2D eigenvalue weighted by molar-refractivity contribution is 7.99. The van der Waals surface area contributed by atoms with Crippen LogP contribution < -0.4 is 9.47 Å². The molecule has 0 radical (unpaired) electrons. The first-order chi connectivity index (χ1) is 16.7. The van der Waals surface area contributed by atoms with Crippen LogP contribution in [0, 0.1) is 0 Å². The fourth-order valence-corrected chi connectivity index (χ4v) is 4.04. The highest BCUT2D eigenvalue weighted by Gasteiger charge is 2.17. The van der Waals surface area contributed by atoms with Crippen LogP contribution in [0.5, 0.6) is 11.5 Å². The van der Waals surface area contributed by atoms with Crippen molar-refractivity contribution >= 4 is 23.8 Å². The van der Waals surface area contributed by atoms with Crippen LogP contribution in [0.25, 0.3) is 17.1 Å². The van der Waals surface area contributed by atoms with Crippen molar-refractivity contribution in [2.75, 3.05) is 26.5 Å². The van der Waals surface area contributed by atoms with Gasteiger partial charge < -0.3 is 9.47 Å². The number of thioether (sulfide) groups is 1. The molecule has 0 fully saturated rings. The summed E-state index contributed by atoms with van der Waals surface area (Å²) in [4.78, 5) is 20.9. The molecule has 0 bridgehead atoms. The number of para-hydroxylation sites is 1. The minimum atomic E-state index is -0.0313. The number of aromatic nitrogens is 4. The summed E-state index contributed by atoms with van der Waals surface area (Å²) in [6.45, 7) is 0.0457. The number of pyridine rings is 1. The second-order valence-electron chi connectivity index (χ2n) is 7.12. The molecule has 2 aromatic carbocycles. The molecule has 0 amide bonds. The van der Waals surface area contributed by atoms with E-state index in [1.165, 1.54) is 11.8 Å². The van der Waals surface area contributed by atoms with Gasteiger partial charge in [-0.25, -0.2) is 0 Å². The predicted molar refractivity (Wildman–Crippen MR) is 132 cm³/mol. The summed E-state index contributed by atoms with van der Waals surface area (Å²) in [5, 5.41) is 9.35. The lowest BCUT2D eigenvalue weighted by Gasteiger charge is -2.10. The Labute approximate surface area is 201 Å². The highest BCUT2D eigenvalue weighted by atomic mass is 32.2. The van der Waals surface area contributed by atoms with Crippen LogP contribution >= 0.6 is 11.8 Å². The van der Waals surface area contributed by atoms with E-state index < -0.39 is 0 Å². The number of nitrogens with zero attached hydrogens (tertiary/aromatic N) is 5. The number of benzene rings is 2. The summed E-state index contributed by atoms with van der Waals surface area (Å²) >= 11 is 1.33. The van der Waals surface area contributed by atoms with E-state index in [0.717, 1.165) is 16.8 Å². The van der Waals surface area contributed by atoms with E-state index in [2.05, 4.69) is 20.2 Å². The molecule has 9 heteroatoms. The van der Waals surface area contributed by atoms with Crippen molar-refractivity contribution in [1.82, 2.24) is 19.7 Å². The third kappa shape index (κ3) is 5.49. The van der Waals surface area contributed by atoms with Crippen molar-refractivity contribution in [3.63, 3.8) is 0 Å². The molecule has 0 saturated carbocycles. The van der Waals surface area contributed by atoms with E-state index in [1.807, 2.05) is 53.1 Å². The maximum Gasteiger partial charge on any atom is 0.196 e. The SMILES string of the molecule is COc1ccc(OC)c(C=NCC(=O)CSc2nnc(-c3ccncc3)n2-c2ccccc2)c1. The van der Waals surface area contributed by atoms with E-state index in [0.29, 0.717) is 22.5 Å². The quantitative estimate of drug-likeness (QED) is 0.253. The molecule has 4 aromatic rings. The smallest absolute Gasteiger partial charge is 0.196 e. The number of rotatable bonds is 10. The molecule has 172 valence electrons. The third-order valence-corrected chi connectivity index (χ3v) is 5.87. The molecule has 0 atom stereocenters. The number of hydrogen-bond donors (Lipinski definition) is 0. The van der Waals surface area contributed by atoms with Gasteiger partial charge in [-0.05, 0) is 42.5 Å². The van der Waals surface area contributed by atoms with Crippen molar-refractivity contribution in [3.05, 3.63) is 78.6 Å². The van der Waals surface area contributed by atoms with Gasteiger partial charge in [0.05, 0.1) is 26.5 Å². The summed E-state index contributed by atoms with van der Waals surface area (Å²) in [5.74, 6) is 2.22. The van der Waals surface area contributed by atoms with Crippen LogP contribution in [0.2, 0.25) is 0 Å². The van der Waals surface area contributed by atoms with Crippen LogP contribution in [0.15, 0.2) is 83.2 Å². The molecule has 8 nitrogen and oxygen atoms in total. The maximum absolute atomic E-state index is 12.6. The van der Waals surface area contributed by atoms with Gasteiger partial charge in [-0.1, -0.05) is 30.0 Å². The van der Waals surface area contributed by atoms with E-state index in [-0.39, 0.29) is 18.1 Å². The Bertz CT molecular complexity index is 1280. The van der Waals surface area contributed by atoms with Crippen LogP contribution in [0.4, 0.5) is 0 Å². The lowest BCUT2D eigenvalue weighted by Crippen LogP contribution is -2.08. The summed E-state index contributed by atoms with van der Waals surface area (Å²) in [5.41, 5.74) is 2.55. The number of ether oxygens (including phenoxy) is 2. The molecule has 0 spiro atoms. The van der Waals surface area contributed by atoms with Crippen LogP contribution in [-0.2, 0) is 4.79 Å². The fraction of sp³-hybridized carbons (Fsp3) is 0.160. The Kier molecular flexibility index (Phi) is 7.67. The zero-order valence-electron chi connectivity index (χ0n) is 18.8. The molecule has 2 aromatic heterocycles. The van der Waals surface area contributed by atoms with Crippen LogP contribution in [0.1, 0.15) is 5.56 Å². The third-order valence-electron chi connectivity index (χ3n) is 4.88. The number of carbonyl (C=O) groups excluding carboxylic acids is 1. The molecule has 34 heavy (non-hydrogen) atoms. The van der Waals surface area contributed by atoms with Gasteiger partial charge in [0.25, 0.3) is 0 Å². The standard InChI is InChI=1S/C25H23N5O3S/c1-32-22-8-9-23(33-2)19(14-22)15-27-16-21(31)17-34-25-29-28-24(18-10-12-26-13-11-18)30(25)20-6-4-3-5-7-20/h3-15H,16-17H2,1-2H3. The summed E-state index contributed by atoms with van der Waals surface area (Å²) in [6.07, 6.45) is 5.05. The number of carbonyl (C=O) groups is 1. The zero-order chi connectivity index (χ0) is 23.8. The van der Waals surface area contributed by atoms with Crippen molar-refractivity contribution in [2.24, 2.45) is 4.99 Å².